The number of halogens is 2. The van der Waals surface area contributed by atoms with Gasteiger partial charge in [0.05, 0.1) is 5.56 Å². The minimum Gasteiger partial charge on any atom is -0.324 e. The first-order valence-electron chi connectivity index (χ1n) is 7.85. The molecule has 1 aromatic heterocycles. The van der Waals surface area contributed by atoms with Crippen molar-refractivity contribution in [3.05, 3.63) is 77.1 Å². The summed E-state index contributed by atoms with van der Waals surface area (Å²) in [6.07, 6.45) is 2.71. The number of nitrogens with one attached hydrogen (secondary N) is 2. The molecule has 0 aliphatic heterocycles. The third-order valence-corrected chi connectivity index (χ3v) is 3.85. The number of anilines is 3. The van der Waals surface area contributed by atoms with Crippen LogP contribution in [0.15, 0.2) is 48.8 Å². The van der Waals surface area contributed by atoms with Gasteiger partial charge in [-0.3, -0.25) is 4.79 Å². The molecule has 0 bridgehead atoms. The topological polar surface area (TPSA) is 66.9 Å². The molecule has 0 saturated carbocycles. The summed E-state index contributed by atoms with van der Waals surface area (Å²) in [5, 5.41) is 5.52. The summed E-state index contributed by atoms with van der Waals surface area (Å²) >= 11 is 0. The molecule has 26 heavy (non-hydrogen) atoms. The Labute approximate surface area is 149 Å². The maximum absolute atomic E-state index is 13.2. The first-order valence-corrected chi connectivity index (χ1v) is 7.85. The fourth-order valence-corrected chi connectivity index (χ4v) is 2.24. The molecular formula is C19H16F2N4O. The standard InChI is InChI=1S/C19H16F2N4O/c1-11-3-4-14(7-12(11)2)24-18(26)13-9-22-19(23-10-13)25-15-5-6-16(20)17(21)8-15/h3-10H,1-2H3,(H,24,26)(H,22,23,25). The van der Waals surface area contributed by atoms with Gasteiger partial charge in [0.2, 0.25) is 5.95 Å². The summed E-state index contributed by atoms with van der Waals surface area (Å²) in [6, 6.07) is 8.99. The molecule has 3 rings (SSSR count). The zero-order valence-electron chi connectivity index (χ0n) is 14.2. The number of hydrogen-bond acceptors (Lipinski definition) is 4. The first kappa shape index (κ1) is 17.5. The molecule has 132 valence electrons. The normalized spacial score (nSPS) is 10.5. The van der Waals surface area contributed by atoms with Gasteiger partial charge in [-0.2, -0.15) is 0 Å². The van der Waals surface area contributed by atoms with Gasteiger partial charge in [-0.25, -0.2) is 18.7 Å². The van der Waals surface area contributed by atoms with Crippen LogP contribution in [-0.2, 0) is 0 Å². The van der Waals surface area contributed by atoms with Crippen molar-refractivity contribution in [3.63, 3.8) is 0 Å². The molecule has 0 radical (unpaired) electrons. The van der Waals surface area contributed by atoms with E-state index in [2.05, 4.69) is 20.6 Å². The molecule has 1 heterocycles. The van der Waals surface area contributed by atoms with E-state index in [1.54, 1.807) is 0 Å². The predicted octanol–water partition coefficient (Wildman–Crippen LogP) is 4.37. The molecule has 5 nitrogen and oxygen atoms in total. The Kier molecular flexibility index (Phi) is 4.88. The van der Waals surface area contributed by atoms with Gasteiger partial charge in [-0.05, 0) is 49.2 Å². The van der Waals surface area contributed by atoms with Gasteiger partial charge in [0.15, 0.2) is 11.6 Å². The molecule has 1 amide bonds. The Bertz CT molecular complexity index is 958. The first-order chi connectivity index (χ1) is 12.4. The molecule has 0 unspecified atom stereocenters. The van der Waals surface area contributed by atoms with Crippen LogP contribution in [0.1, 0.15) is 21.5 Å². The van der Waals surface area contributed by atoms with Crippen molar-refractivity contribution >= 4 is 23.2 Å². The Morgan fingerprint density at radius 3 is 2.23 bits per heavy atom. The van der Waals surface area contributed by atoms with E-state index in [0.717, 1.165) is 23.3 Å². The number of benzene rings is 2. The Balaban J connectivity index is 1.69. The van der Waals surface area contributed by atoms with Crippen molar-refractivity contribution in [2.75, 3.05) is 10.6 Å². The van der Waals surface area contributed by atoms with E-state index in [1.807, 2.05) is 32.0 Å². The summed E-state index contributed by atoms with van der Waals surface area (Å²) < 4.78 is 26.1. The average molecular weight is 354 g/mol. The fourth-order valence-electron chi connectivity index (χ4n) is 2.24. The zero-order valence-corrected chi connectivity index (χ0v) is 14.2. The molecule has 0 aliphatic rings. The average Bonchev–Trinajstić information content (AvgIpc) is 2.62. The molecule has 2 aromatic carbocycles. The molecule has 0 aliphatic carbocycles. The Morgan fingerprint density at radius 2 is 1.58 bits per heavy atom. The van der Waals surface area contributed by atoms with Crippen LogP contribution in [-0.4, -0.2) is 15.9 Å². The molecule has 0 atom stereocenters. The molecule has 2 N–H and O–H groups in total. The summed E-state index contributed by atoms with van der Waals surface area (Å²) in [5.41, 5.74) is 3.47. The Morgan fingerprint density at radius 1 is 0.885 bits per heavy atom. The van der Waals surface area contributed by atoms with Crippen molar-refractivity contribution in [2.45, 2.75) is 13.8 Å². The van der Waals surface area contributed by atoms with E-state index in [0.29, 0.717) is 11.4 Å². The van der Waals surface area contributed by atoms with Crippen molar-refractivity contribution in [1.29, 1.82) is 0 Å². The summed E-state index contributed by atoms with van der Waals surface area (Å²) in [7, 11) is 0. The number of amides is 1. The Hall–Kier alpha value is -3.35. The quantitative estimate of drug-likeness (QED) is 0.730. The van der Waals surface area contributed by atoms with Crippen molar-refractivity contribution in [1.82, 2.24) is 9.97 Å². The SMILES string of the molecule is Cc1ccc(NC(=O)c2cnc(Nc3ccc(F)c(F)c3)nc2)cc1C. The highest BCUT2D eigenvalue weighted by atomic mass is 19.2. The van der Waals surface area contributed by atoms with Gasteiger partial charge in [0.1, 0.15) is 0 Å². The number of carbonyl (C=O) groups excluding carboxylic acids is 1. The molecule has 7 heteroatoms. The van der Waals surface area contributed by atoms with E-state index in [1.165, 1.54) is 18.5 Å². The van der Waals surface area contributed by atoms with Crippen LogP contribution in [0.4, 0.5) is 26.1 Å². The van der Waals surface area contributed by atoms with Crippen LogP contribution >= 0.6 is 0 Å². The lowest BCUT2D eigenvalue weighted by molar-refractivity contribution is 0.102. The second-order valence-electron chi connectivity index (χ2n) is 5.80. The molecule has 0 saturated heterocycles. The van der Waals surface area contributed by atoms with E-state index in [-0.39, 0.29) is 17.4 Å². The smallest absolute Gasteiger partial charge is 0.258 e. The van der Waals surface area contributed by atoms with Gasteiger partial charge in [0.25, 0.3) is 5.91 Å². The highest BCUT2D eigenvalue weighted by Crippen LogP contribution is 2.17. The third-order valence-electron chi connectivity index (χ3n) is 3.85. The van der Waals surface area contributed by atoms with Gasteiger partial charge >= 0.3 is 0 Å². The van der Waals surface area contributed by atoms with Crippen LogP contribution in [0.25, 0.3) is 0 Å². The number of aromatic nitrogens is 2. The zero-order chi connectivity index (χ0) is 18.7. The van der Waals surface area contributed by atoms with E-state index < -0.39 is 11.6 Å². The van der Waals surface area contributed by atoms with Crippen LogP contribution in [0.5, 0.6) is 0 Å². The minimum atomic E-state index is -0.973. The van der Waals surface area contributed by atoms with Crippen molar-refractivity contribution in [2.24, 2.45) is 0 Å². The maximum atomic E-state index is 13.2. The van der Waals surface area contributed by atoms with Crippen LogP contribution in [0.2, 0.25) is 0 Å². The number of nitrogens with zero attached hydrogens (tertiary/aromatic N) is 2. The predicted molar refractivity (Wildman–Crippen MR) is 95.5 cm³/mol. The lowest BCUT2D eigenvalue weighted by atomic mass is 10.1. The lowest BCUT2D eigenvalue weighted by Crippen LogP contribution is -2.13. The number of carbonyl (C=O) groups is 1. The van der Waals surface area contributed by atoms with Crippen molar-refractivity contribution in [3.8, 4) is 0 Å². The van der Waals surface area contributed by atoms with E-state index in [9.17, 15) is 13.6 Å². The highest BCUT2D eigenvalue weighted by molar-refractivity contribution is 6.03. The second-order valence-corrected chi connectivity index (χ2v) is 5.80. The number of rotatable bonds is 4. The van der Waals surface area contributed by atoms with E-state index >= 15 is 0 Å². The maximum Gasteiger partial charge on any atom is 0.258 e. The summed E-state index contributed by atoms with van der Waals surface area (Å²) in [4.78, 5) is 20.3. The molecule has 0 spiro atoms. The van der Waals surface area contributed by atoms with Crippen LogP contribution in [0, 0.1) is 25.5 Å². The monoisotopic (exact) mass is 354 g/mol. The van der Waals surface area contributed by atoms with Gasteiger partial charge in [-0.15, -0.1) is 0 Å². The van der Waals surface area contributed by atoms with Gasteiger partial charge in [0, 0.05) is 29.8 Å². The lowest BCUT2D eigenvalue weighted by Gasteiger charge is -2.08. The highest BCUT2D eigenvalue weighted by Gasteiger charge is 2.09. The largest absolute Gasteiger partial charge is 0.324 e. The van der Waals surface area contributed by atoms with Gasteiger partial charge < -0.3 is 10.6 Å². The second kappa shape index (κ2) is 7.26. The van der Waals surface area contributed by atoms with Crippen LogP contribution < -0.4 is 10.6 Å². The minimum absolute atomic E-state index is 0.165. The van der Waals surface area contributed by atoms with Crippen LogP contribution in [0.3, 0.4) is 0 Å². The van der Waals surface area contributed by atoms with E-state index in [4.69, 9.17) is 0 Å². The third kappa shape index (κ3) is 4.00. The summed E-state index contributed by atoms with van der Waals surface area (Å²) in [6.45, 7) is 3.96. The molecule has 3 aromatic rings. The van der Waals surface area contributed by atoms with Gasteiger partial charge in [-0.1, -0.05) is 6.07 Å². The fraction of sp³-hybridized carbons (Fsp3) is 0.105. The molecular weight excluding hydrogens is 338 g/mol. The summed E-state index contributed by atoms with van der Waals surface area (Å²) in [5.74, 6) is -2.08. The molecule has 0 fully saturated rings. The van der Waals surface area contributed by atoms with Crippen molar-refractivity contribution < 1.29 is 13.6 Å². The number of hydrogen-bond donors (Lipinski definition) is 2. The number of aryl methyl sites for hydroxylation is 2.